The van der Waals surface area contributed by atoms with Gasteiger partial charge in [-0.05, 0) is 44.9 Å². The Kier molecular flexibility index (Phi) is 3.24. The third-order valence-electron chi connectivity index (χ3n) is 3.19. The van der Waals surface area contributed by atoms with Crippen LogP contribution in [0.1, 0.15) is 38.4 Å². The molecule has 0 aliphatic carbocycles. The van der Waals surface area contributed by atoms with Crippen molar-refractivity contribution in [3.05, 3.63) is 57.9 Å². The lowest BCUT2D eigenvalue weighted by Gasteiger charge is -2.09. The lowest BCUT2D eigenvalue weighted by Crippen LogP contribution is -2.09. The molecule has 2 aromatic rings. The lowest BCUT2D eigenvalue weighted by atomic mass is 9.95. The SMILES string of the molecule is Cc1cc(C(=O)c2cccc(C)c2C)c(C)nn1. The van der Waals surface area contributed by atoms with E-state index in [1.54, 1.807) is 6.07 Å². The molecule has 3 heteroatoms. The molecular formula is C15H16N2O. The van der Waals surface area contributed by atoms with Crippen molar-refractivity contribution in [2.75, 3.05) is 0 Å². The third-order valence-corrected chi connectivity index (χ3v) is 3.19. The van der Waals surface area contributed by atoms with Gasteiger partial charge in [0.15, 0.2) is 5.78 Å². The molecule has 0 amide bonds. The highest BCUT2D eigenvalue weighted by Gasteiger charge is 2.16. The fourth-order valence-corrected chi connectivity index (χ4v) is 1.92. The molecule has 0 saturated heterocycles. The second kappa shape index (κ2) is 4.69. The van der Waals surface area contributed by atoms with Crippen molar-refractivity contribution in [3.8, 4) is 0 Å². The van der Waals surface area contributed by atoms with Gasteiger partial charge < -0.3 is 0 Å². The van der Waals surface area contributed by atoms with E-state index in [-0.39, 0.29) is 5.78 Å². The Hall–Kier alpha value is -2.03. The maximum absolute atomic E-state index is 12.5. The molecule has 1 aromatic carbocycles. The minimum absolute atomic E-state index is 0.0201. The molecule has 92 valence electrons. The van der Waals surface area contributed by atoms with E-state index in [1.165, 1.54) is 0 Å². The van der Waals surface area contributed by atoms with Gasteiger partial charge in [-0.3, -0.25) is 4.79 Å². The van der Waals surface area contributed by atoms with Gasteiger partial charge in [0.25, 0.3) is 0 Å². The van der Waals surface area contributed by atoms with Crippen LogP contribution in [-0.4, -0.2) is 16.0 Å². The molecular weight excluding hydrogens is 224 g/mol. The van der Waals surface area contributed by atoms with Crippen molar-refractivity contribution in [1.82, 2.24) is 10.2 Å². The molecule has 0 aliphatic rings. The number of aryl methyl sites for hydroxylation is 3. The number of carbonyl (C=O) groups excluding carboxylic acids is 1. The number of benzene rings is 1. The standard InChI is InChI=1S/C15H16N2O/c1-9-6-5-7-13(11(9)3)15(18)14-8-10(2)16-17-12(14)4/h5-8H,1-4H3. The monoisotopic (exact) mass is 240 g/mol. The smallest absolute Gasteiger partial charge is 0.195 e. The first kappa shape index (κ1) is 12.4. The minimum Gasteiger partial charge on any atom is -0.289 e. The fourth-order valence-electron chi connectivity index (χ4n) is 1.92. The van der Waals surface area contributed by atoms with E-state index in [2.05, 4.69) is 10.2 Å². The summed E-state index contributed by atoms with van der Waals surface area (Å²) in [6, 6.07) is 7.58. The minimum atomic E-state index is 0.0201. The summed E-state index contributed by atoms with van der Waals surface area (Å²) in [7, 11) is 0. The van der Waals surface area contributed by atoms with Crippen molar-refractivity contribution in [2.45, 2.75) is 27.7 Å². The predicted octanol–water partition coefficient (Wildman–Crippen LogP) is 2.94. The van der Waals surface area contributed by atoms with E-state index in [1.807, 2.05) is 45.9 Å². The largest absolute Gasteiger partial charge is 0.289 e. The Morgan fingerprint density at radius 3 is 2.44 bits per heavy atom. The molecule has 0 unspecified atom stereocenters. The topological polar surface area (TPSA) is 42.9 Å². The average molecular weight is 240 g/mol. The quantitative estimate of drug-likeness (QED) is 0.758. The molecule has 2 rings (SSSR count). The van der Waals surface area contributed by atoms with Crippen molar-refractivity contribution >= 4 is 5.78 Å². The predicted molar refractivity (Wildman–Crippen MR) is 70.9 cm³/mol. The maximum atomic E-state index is 12.5. The zero-order valence-electron chi connectivity index (χ0n) is 11.1. The van der Waals surface area contributed by atoms with Crippen LogP contribution in [0.5, 0.6) is 0 Å². The number of carbonyl (C=O) groups is 1. The van der Waals surface area contributed by atoms with Crippen molar-refractivity contribution in [2.24, 2.45) is 0 Å². The van der Waals surface area contributed by atoms with E-state index < -0.39 is 0 Å². The first-order valence-electron chi connectivity index (χ1n) is 5.92. The Bertz CT molecular complexity index is 614. The van der Waals surface area contributed by atoms with E-state index in [0.717, 1.165) is 22.4 Å². The van der Waals surface area contributed by atoms with E-state index >= 15 is 0 Å². The van der Waals surface area contributed by atoms with Gasteiger partial charge in [0.1, 0.15) is 0 Å². The molecule has 0 aliphatic heterocycles. The van der Waals surface area contributed by atoms with Crippen LogP contribution >= 0.6 is 0 Å². The van der Waals surface area contributed by atoms with Crippen LogP contribution in [0.15, 0.2) is 24.3 Å². The molecule has 1 heterocycles. The highest BCUT2D eigenvalue weighted by atomic mass is 16.1. The van der Waals surface area contributed by atoms with Crippen molar-refractivity contribution in [3.63, 3.8) is 0 Å². The van der Waals surface area contributed by atoms with Crippen LogP contribution in [0.3, 0.4) is 0 Å². The molecule has 0 atom stereocenters. The maximum Gasteiger partial charge on any atom is 0.195 e. The van der Waals surface area contributed by atoms with Crippen molar-refractivity contribution < 1.29 is 4.79 Å². The first-order chi connectivity index (χ1) is 8.50. The molecule has 0 spiro atoms. The summed E-state index contributed by atoms with van der Waals surface area (Å²) in [6.45, 7) is 7.63. The van der Waals surface area contributed by atoms with Crippen LogP contribution in [-0.2, 0) is 0 Å². The second-order valence-electron chi connectivity index (χ2n) is 4.56. The summed E-state index contributed by atoms with van der Waals surface area (Å²) in [4.78, 5) is 12.5. The van der Waals surface area contributed by atoms with Gasteiger partial charge in [-0.1, -0.05) is 18.2 Å². The van der Waals surface area contributed by atoms with Crippen LogP contribution in [0.25, 0.3) is 0 Å². The number of hydrogen-bond donors (Lipinski definition) is 0. The summed E-state index contributed by atoms with van der Waals surface area (Å²) < 4.78 is 0. The average Bonchev–Trinajstić information content (AvgIpc) is 2.35. The Balaban J connectivity index is 2.55. The van der Waals surface area contributed by atoms with E-state index in [0.29, 0.717) is 11.3 Å². The molecule has 0 N–H and O–H groups in total. The van der Waals surface area contributed by atoms with Gasteiger partial charge in [-0.2, -0.15) is 10.2 Å². The van der Waals surface area contributed by atoms with Gasteiger partial charge in [0.2, 0.25) is 0 Å². The van der Waals surface area contributed by atoms with Gasteiger partial charge >= 0.3 is 0 Å². The number of hydrogen-bond acceptors (Lipinski definition) is 3. The van der Waals surface area contributed by atoms with Gasteiger partial charge in [0, 0.05) is 11.1 Å². The molecule has 18 heavy (non-hydrogen) atoms. The molecule has 3 nitrogen and oxygen atoms in total. The van der Waals surface area contributed by atoms with Gasteiger partial charge in [0.05, 0.1) is 11.4 Å². The van der Waals surface area contributed by atoms with Gasteiger partial charge in [-0.25, -0.2) is 0 Å². The lowest BCUT2D eigenvalue weighted by molar-refractivity contribution is 0.103. The van der Waals surface area contributed by atoms with Crippen LogP contribution in [0.2, 0.25) is 0 Å². The van der Waals surface area contributed by atoms with Crippen molar-refractivity contribution in [1.29, 1.82) is 0 Å². The number of ketones is 1. The molecule has 0 bridgehead atoms. The number of rotatable bonds is 2. The van der Waals surface area contributed by atoms with Crippen LogP contribution in [0, 0.1) is 27.7 Å². The summed E-state index contributed by atoms with van der Waals surface area (Å²) in [6.07, 6.45) is 0. The number of nitrogens with zero attached hydrogens (tertiary/aromatic N) is 2. The summed E-state index contributed by atoms with van der Waals surface area (Å²) in [5.74, 6) is 0.0201. The Morgan fingerprint density at radius 2 is 1.72 bits per heavy atom. The summed E-state index contributed by atoms with van der Waals surface area (Å²) in [5, 5.41) is 7.96. The van der Waals surface area contributed by atoms with E-state index in [4.69, 9.17) is 0 Å². The highest BCUT2D eigenvalue weighted by Crippen LogP contribution is 2.18. The van der Waals surface area contributed by atoms with Crippen LogP contribution < -0.4 is 0 Å². The normalized spacial score (nSPS) is 10.4. The second-order valence-corrected chi connectivity index (χ2v) is 4.56. The molecule has 1 aromatic heterocycles. The zero-order chi connectivity index (χ0) is 13.3. The van der Waals surface area contributed by atoms with Gasteiger partial charge in [-0.15, -0.1) is 0 Å². The summed E-state index contributed by atoms with van der Waals surface area (Å²) in [5.41, 5.74) is 4.95. The Morgan fingerprint density at radius 1 is 1.00 bits per heavy atom. The summed E-state index contributed by atoms with van der Waals surface area (Å²) >= 11 is 0. The highest BCUT2D eigenvalue weighted by molar-refractivity contribution is 6.10. The Labute approximate surface area is 107 Å². The number of aromatic nitrogens is 2. The molecule has 0 saturated carbocycles. The van der Waals surface area contributed by atoms with E-state index in [9.17, 15) is 4.79 Å². The zero-order valence-corrected chi connectivity index (χ0v) is 11.1. The third kappa shape index (κ3) is 2.16. The molecule has 0 fully saturated rings. The van der Waals surface area contributed by atoms with Crippen LogP contribution in [0.4, 0.5) is 0 Å². The first-order valence-corrected chi connectivity index (χ1v) is 5.92. The fraction of sp³-hybridized carbons (Fsp3) is 0.267. The molecule has 0 radical (unpaired) electrons.